The van der Waals surface area contributed by atoms with Crippen LogP contribution in [-0.4, -0.2) is 16.1 Å². The zero-order valence-corrected chi connectivity index (χ0v) is 7.58. The topological polar surface area (TPSA) is 102 Å². The maximum atomic E-state index is 12.5. The fraction of sp³-hybridized carbons (Fsp3) is 0.250. The number of carboxylic acids is 1. The highest BCUT2D eigenvalue weighted by atomic mass is 19.3. The minimum atomic E-state index is -2.87. The summed E-state index contributed by atoms with van der Waals surface area (Å²) < 4.78 is 25.0. The van der Waals surface area contributed by atoms with Crippen molar-refractivity contribution in [2.24, 2.45) is 0 Å². The monoisotopic (exact) mass is 217 g/mol. The second kappa shape index (κ2) is 4.07. The number of anilines is 2. The first-order valence-electron chi connectivity index (χ1n) is 3.96. The highest BCUT2D eigenvalue weighted by Crippen LogP contribution is 2.29. The molecule has 0 saturated carbocycles. The third-order valence-electron chi connectivity index (χ3n) is 1.75. The number of aromatic nitrogens is 1. The zero-order valence-electron chi connectivity index (χ0n) is 7.58. The standard InChI is InChI=1S/C8H9F2N3O2/c9-7(10)6-3(2-5(14)15)1-4(11)13-8(6)12/h1,7H,2H2,(H,14,15)(H4,11,12,13). The zero-order chi connectivity index (χ0) is 11.6. The SMILES string of the molecule is Nc1cc(CC(=O)O)c(C(F)F)c(N)n1. The Morgan fingerprint density at radius 3 is 2.60 bits per heavy atom. The number of aliphatic carboxylic acids is 1. The maximum absolute atomic E-state index is 12.5. The van der Waals surface area contributed by atoms with Gasteiger partial charge in [-0.2, -0.15) is 0 Å². The van der Waals surface area contributed by atoms with Gasteiger partial charge in [0, 0.05) is 0 Å². The first-order valence-corrected chi connectivity index (χ1v) is 3.96. The van der Waals surface area contributed by atoms with Crippen molar-refractivity contribution in [3.8, 4) is 0 Å². The van der Waals surface area contributed by atoms with Crippen LogP contribution in [0.1, 0.15) is 17.6 Å². The number of pyridine rings is 1. The number of nitrogens with two attached hydrogens (primary N) is 2. The van der Waals surface area contributed by atoms with Crippen LogP contribution in [0.15, 0.2) is 6.07 Å². The average Bonchev–Trinajstić information content (AvgIpc) is 1.99. The second-order valence-corrected chi connectivity index (χ2v) is 2.88. The van der Waals surface area contributed by atoms with Crippen molar-refractivity contribution >= 4 is 17.6 Å². The summed E-state index contributed by atoms with van der Waals surface area (Å²) in [5.41, 5.74) is 9.84. The van der Waals surface area contributed by atoms with Gasteiger partial charge in [0.15, 0.2) is 0 Å². The number of carbonyl (C=O) groups is 1. The molecule has 0 fully saturated rings. The number of hydrogen-bond donors (Lipinski definition) is 3. The van der Waals surface area contributed by atoms with Crippen molar-refractivity contribution in [2.75, 3.05) is 11.5 Å². The predicted molar refractivity (Wildman–Crippen MR) is 49.4 cm³/mol. The van der Waals surface area contributed by atoms with Gasteiger partial charge in [-0.3, -0.25) is 4.79 Å². The van der Waals surface area contributed by atoms with E-state index >= 15 is 0 Å². The summed E-state index contributed by atoms with van der Waals surface area (Å²) in [5, 5.41) is 8.51. The van der Waals surface area contributed by atoms with Gasteiger partial charge in [-0.1, -0.05) is 0 Å². The molecule has 1 aromatic rings. The summed E-state index contributed by atoms with van der Waals surface area (Å²) in [7, 11) is 0. The van der Waals surface area contributed by atoms with E-state index in [1.54, 1.807) is 0 Å². The van der Waals surface area contributed by atoms with Crippen molar-refractivity contribution in [1.82, 2.24) is 4.98 Å². The third-order valence-corrected chi connectivity index (χ3v) is 1.75. The summed E-state index contributed by atoms with van der Waals surface area (Å²) in [6.45, 7) is 0. The lowest BCUT2D eigenvalue weighted by molar-refractivity contribution is -0.136. The summed E-state index contributed by atoms with van der Waals surface area (Å²) >= 11 is 0. The van der Waals surface area contributed by atoms with Crippen LogP contribution in [0.3, 0.4) is 0 Å². The van der Waals surface area contributed by atoms with E-state index in [1.807, 2.05) is 0 Å². The quantitative estimate of drug-likeness (QED) is 0.695. The van der Waals surface area contributed by atoms with Crippen LogP contribution in [0, 0.1) is 0 Å². The van der Waals surface area contributed by atoms with Crippen LogP contribution < -0.4 is 11.5 Å². The average molecular weight is 217 g/mol. The van der Waals surface area contributed by atoms with E-state index in [0.29, 0.717) is 0 Å². The molecule has 0 aromatic carbocycles. The normalized spacial score (nSPS) is 10.6. The second-order valence-electron chi connectivity index (χ2n) is 2.88. The number of alkyl halides is 2. The minimum absolute atomic E-state index is 0.0758. The fourth-order valence-electron chi connectivity index (χ4n) is 1.21. The molecule has 0 atom stereocenters. The molecule has 0 radical (unpaired) electrons. The van der Waals surface area contributed by atoms with Gasteiger partial charge >= 0.3 is 5.97 Å². The molecule has 0 bridgehead atoms. The van der Waals surface area contributed by atoms with Gasteiger partial charge in [0.05, 0.1) is 12.0 Å². The van der Waals surface area contributed by atoms with Crippen LogP contribution in [0.5, 0.6) is 0 Å². The highest BCUT2D eigenvalue weighted by molar-refractivity contribution is 5.72. The molecule has 0 unspecified atom stereocenters. The molecule has 1 rings (SSSR count). The molecule has 15 heavy (non-hydrogen) atoms. The summed E-state index contributed by atoms with van der Waals surface area (Å²) in [5.74, 6) is -1.74. The third kappa shape index (κ3) is 2.52. The molecule has 7 heteroatoms. The van der Waals surface area contributed by atoms with Crippen molar-refractivity contribution < 1.29 is 18.7 Å². The van der Waals surface area contributed by atoms with Gasteiger partial charge in [-0.15, -0.1) is 0 Å². The first kappa shape index (κ1) is 11.2. The van der Waals surface area contributed by atoms with Gasteiger partial charge in [0.2, 0.25) is 0 Å². The smallest absolute Gasteiger partial charge is 0.307 e. The molecule has 82 valence electrons. The number of nitrogens with zero attached hydrogens (tertiary/aromatic N) is 1. The fourth-order valence-corrected chi connectivity index (χ4v) is 1.21. The van der Waals surface area contributed by atoms with Crippen LogP contribution in [0.25, 0.3) is 0 Å². The van der Waals surface area contributed by atoms with Gasteiger partial charge in [0.25, 0.3) is 6.43 Å². The number of halogens is 2. The Kier molecular flexibility index (Phi) is 3.03. The van der Waals surface area contributed by atoms with E-state index < -0.39 is 30.2 Å². The summed E-state index contributed by atoms with van der Waals surface area (Å²) in [6, 6.07) is 1.09. The molecule has 0 aliphatic heterocycles. The van der Waals surface area contributed by atoms with E-state index in [4.69, 9.17) is 16.6 Å². The Morgan fingerprint density at radius 1 is 1.53 bits per heavy atom. The Balaban J connectivity index is 3.26. The molecule has 0 amide bonds. The Labute approximate surface area is 83.7 Å². The number of hydrogen-bond acceptors (Lipinski definition) is 4. The first-order chi connectivity index (χ1) is 6.91. The van der Waals surface area contributed by atoms with Crippen LogP contribution in [0.2, 0.25) is 0 Å². The molecule has 5 nitrogen and oxygen atoms in total. The van der Waals surface area contributed by atoms with E-state index in [1.165, 1.54) is 0 Å². The Hall–Kier alpha value is -1.92. The van der Waals surface area contributed by atoms with Crippen LogP contribution in [-0.2, 0) is 11.2 Å². The van der Waals surface area contributed by atoms with Crippen molar-refractivity contribution in [3.63, 3.8) is 0 Å². The minimum Gasteiger partial charge on any atom is -0.481 e. The van der Waals surface area contributed by atoms with Crippen molar-refractivity contribution in [3.05, 3.63) is 17.2 Å². The Bertz CT molecular complexity index is 396. The summed E-state index contributed by atoms with van der Waals surface area (Å²) in [6.07, 6.45) is -3.43. The molecule has 1 heterocycles. The molecule has 5 N–H and O–H groups in total. The van der Waals surface area contributed by atoms with E-state index in [-0.39, 0.29) is 11.4 Å². The number of nitrogen functional groups attached to an aromatic ring is 2. The van der Waals surface area contributed by atoms with Gasteiger partial charge in [-0.05, 0) is 11.6 Å². The largest absolute Gasteiger partial charge is 0.481 e. The van der Waals surface area contributed by atoms with Crippen molar-refractivity contribution in [1.29, 1.82) is 0 Å². The van der Waals surface area contributed by atoms with E-state index in [0.717, 1.165) is 6.07 Å². The molecule has 0 saturated heterocycles. The molecular formula is C8H9F2N3O2. The van der Waals surface area contributed by atoms with Gasteiger partial charge in [0.1, 0.15) is 11.6 Å². The molecule has 0 aliphatic rings. The lowest BCUT2D eigenvalue weighted by atomic mass is 10.1. The Morgan fingerprint density at radius 2 is 2.13 bits per heavy atom. The lowest BCUT2D eigenvalue weighted by Crippen LogP contribution is -2.10. The number of rotatable bonds is 3. The molecular weight excluding hydrogens is 208 g/mol. The van der Waals surface area contributed by atoms with Gasteiger partial charge < -0.3 is 16.6 Å². The maximum Gasteiger partial charge on any atom is 0.307 e. The molecule has 0 aliphatic carbocycles. The molecule has 0 spiro atoms. The van der Waals surface area contributed by atoms with Crippen molar-refractivity contribution in [2.45, 2.75) is 12.8 Å². The highest BCUT2D eigenvalue weighted by Gasteiger charge is 2.20. The van der Waals surface area contributed by atoms with E-state index in [2.05, 4.69) is 4.98 Å². The van der Waals surface area contributed by atoms with Gasteiger partial charge in [-0.25, -0.2) is 13.8 Å². The van der Waals surface area contributed by atoms with E-state index in [9.17, 15) is 13.6 Å². The predicted octanol–water partition coefficient (Wildman–Crippen LogP) is 0.811. The van der Waals surface area contributed by atoms with Crippen LogP contribution >= 0.6 is 0 Å². The lowest BCUT2D eigenvalue weighted by Gasteiger charge is -2.10. The number of carboxylic acid groups (broad SMARTS) is 1. The van der Waals surface area contributed by atoms with Crippen LogP contribution in [0.4, 0.5) is 20.4 Å². The summed E-state index contributed by atoms with van der Waals surface area (Å²) in [4.78, 5) is 13.9. The molecule has 1 aromatic heterocycles.